The van der Waals surface area contributed by atoms with E-state index in [1.165, 1.54) is 6.07 Å². The van der Waals surface area contributed by atoms with E-state index in [4.69, 9.17) is 19.0 Å². The van der Waals surface area contributed by atoms with Crippen molar-refractivity contribution in [2.75, 3.05) is 6.79 Å². The number of carboxylic acids is 1. The molecule has 0 bridgehead atoms. The molecule has 2 aromatic rings. The van der Waals surface area contributed by atoms with Crippen molar-refractivity contribution in [3.05, 3.63) is 46.9 Å². The number of furan rings is 1. The van der Waals surface area contributed by atoms with E-state index in [1.54, 1.807) is 25.1 Å². The van der Waals surface area contributed by atoms with E-state index in [0.29, 0.717) is 23.0 Å². The summed E-state index contributed by atoms with van der Waals surface area (Å²) in [4.78, 5) is 22.9. The van der Waals surface area contributed by atoms with Gasteiger partial charge in [0.1, 0.15) is 17.1 Å². The number of ether oxygens (including phenoxy) is 2. The van der Waals surface area contributed by atoms with Crippen molar-refractivity contribution in [1.29, 1.82) is 0 Å². The monoisotopic (exact) mass is 317 g/mol. The molecule has 2 heterocycles. The molecule has 1 aliphatic rings. The van der Waals surface area contributed by atoms with Crippen LogP contribution in [0.25, 0.3) is 0 Å². The topological polar surface area (TPSA) is 98.0 Å². The maximum absolute atomic E-state index is 12.0. The van der Waals surface area contributed by atoms with E-state index in [9.17, 15) is 9.59 Å². The van der Waals surface area contributed by atoms with Gasteiger partial charge in [-0.15, -0.1) is 0 Å². The van der Waals surface area contributed by atoms with Crippen LogP contribution < -0.4 is 14.8 Å². The van der Waals surface area contributed by atoms with E-state index >= 15 is 0 Å². The summed E-state index contributed by atoms with van der Waals surface area (Å²) in [5.74, 6) is 0.764. The molecule has 0 spiro atoms. The number of fused-ring (bicyclic) bond motifs is 1. The summed E-state index contributed by atoms with van der Waals surface area (Å²) in [6, 6.07) is 6.74. The fourth-order valence-electron chi connectivity index (χ4n) is 2.33. The molecule has 1 aromatic heterocycles. The lowest BCUT2D eigenvalue weighted by molar-refractivity contribution is -0.120. The summed E-state index contributed by atoms with van der Waals surface area (Å²) in [5.41, 5.74) is 0.902. The fourth-order valence-corrected chi connectivity index (χ4v) is 2.33. The lowest BCUT2D eigenvalue weighted by atomic mass is 10.1. The maximum atomic E-state index is 12.0. The number of aromatic carboxylic acids is 1. The number of benzene rings is 1. The van der Waals surface area contributed by atoms with Crippen molar-refractivity contribution in [1.82, 2.24) is 5.32 Å². The number of nitrogens with one attached hydrogen (secondary N) is 1. The van der Waals surface area contributed by atoms with E-state index in [1.807, 2.05) is 0 Å². The highest BCUT2D eigenvalue weighted by Gasteiger charge is 2.16. The van der Waals surface area contributed by atoms with Gasteiger partial charge in [-0.25, -0.2) is 4.79 Å². The fraction of sp³-hybridized carbons (Fsp3) is 0.250. The standard InChI is InChI=1S/C16H15NO6/c1-9-12(16(19)20)6-11(23-9)7-17-15(18)5-10-2-3-13-14(4-10)22-8-21-13/h2-4,6H,5,7-8H2,1H3,(H,17,18)(H,19,20). The molecule has 1 amide bonds. The zero-order valence-corrected chi connectivity index (χ0v) is 12.4. The van der Waals surface area contributed by atoms with Crippen molar-refractivity contribution in [3.8, 4) is 11.5 Å². The Morgan fingerprint density at radius 1 is 1.22 bits per heavy atom. The van der Waals surface area contributed by atoms with Crippen LogP contribution in [-0.2, 0) is 17.8 Å². The molecular formula is C16H15NO6. The summed E-state index contributed by atoms with van der Waals surface area (Å²) in [7, 11) is 0. The Bertz CT molecular complexity index is 764. The second kappa shape index (κ2) is 6.04. The van der Waals surface area contributed by atoms with Crippen molar-refractivity contribution in [2.24, 2.45) is 0 Å². The number of aryl methyl sites for hydroxylation is 1. The molecule has 7 heteroatoms. The number of carbonyl (C=O) groups is 2. The van der Waals surface area contributed by atoms with Gasteiger partial charge in [0.15, 0.2) is 11.5 Å². The van der Waals surface area contributed by atoms with E-state index in [2.05, 4.69) is 5.32 Å². The first-order chi connectivity index (χ1) is 11.0. The lowest BCUT2D eigenvalue weighted by Gasteiger charge is -2.04. The second-order valence-corrected chi connectivity index (χ2v) is 5.13. The summed E-state index contributed by atoms with van der Waals surface area (Å²) in [6.07, 6.45) is 0.183. The first kappa shape index (κ1) is 15.0. The summed E-state index contributed by atoms with van der Waals surface area (Å²) in [5, 5.41) is 11.7. The van der Waals surface area contributed by atoms with E-state index < -0.39 is 5.97 Å². The number of hydrogen-bond donors (Lipinski definition) is 2. The van der Waals surface area contributed by atoms with E-state index in [-0.39, 0.29) is 31.2 Å². The molecule has 0 radical (unpaired) electrons. The van der Waals surface area contributed by atoms with Crippen molar-refractivity contribution < 1.29 is 28.6 Å². The molecule has 1 aliphatic heterocycles. The molecule has 23 heavy (non-hydrogen) atoms. The second-order valence-electron chi connectivity index (χ2n) is 5.13. The Hall–Kier alpha value is -2.96. The van der Waals surface area contributed by atoms with Crippen LogP contribution >= 0.6 is 0 Å². The molecule has 0 atom stereocenters. The first-order valence-corrected chi connectivity index (χ1v) is 7.01. The van der Waals surface area contributed by atoms with Crippen molar-refractivity contribution in [2.45, 2.75) is 19.9 Å². The third kappa shape index (κ3) is 3.28. The minimum Gasteiger partial charge on any atom is -0.478 e. The van der Waals surface area contributed by atoms with Gasteiger partial charge < -0.3 is 24.3 Å². The molecule has 2 N–H and O–H groups in total. The Balaban J connectivity index is 1.57. The average molecular weight is 317 g/mol. The van der Waals surface area contributed by atoms with Gasteiger partial charge in [0, 0.05) is 0 Å². The van der Waals surface area contributed by atoms with Crippen molar-refractivity contribution in [3.63, 3.8) is 0 Å². The van der Waals surface area contributed by atoms with Gasteiger partial charge in [-0.1, -0.05) is 6.07 Å². The Morgan fingerprint density at radius 2 is 2.00 bits per heavy atom. The third-order valence-electron chi connectivity index (χ3n) is 3.46. The van der Waals surface area contributed by atoms with Gasteiger partial charge in [0.2, 0.25) is 12.7 Å². The molecule has 0 saturated carbocycles. The largest absolute Gasteiger partial charge is 0.478 e. The Morgan fingerprint density at radius 3 is 2.74 bits per heavy atom. The average Bonchev–Trinajstić information content (AvgIpc) is 3.10. The zero-order chi connectivity index (χ0) is 16.4. The molecule has 0 aliphatic carbocycles. The number of carboxylic acid groups (broad SMARTS) is 1. The molecule has 0 saturated heterocycles. The van der Waals surface area contributed by atoms with Crippen LogP contribution in [0.3, 0.4) is 0 Å². The first-order valence-electron chi connectivity index (χ1n) is 7.01. The number of amides is 1. The number of rotatable bonds is 5. The molecule has 0 fully saturated rings. The zero-order valence-electron chi connectivity index (χ0n) is 12.4. The quantitative estimate of drug-likeness (QED) is 0.873. The van der Waals surface area contributed by atoms with Crippen LogP contribution in [0.4, 0.5) is 0 Å². The van der Waals surface area contributed by atoms with Gasteiger partial charge in [-0.05, 0) is 30.7 Å². The number of carbonyl (C=O) groups excluding carboxylic acids is 1. The molecular weight excluding hydrogens is 302 g/mol. The third-order valence-corrected chi connectivity index (χ3v) is 3.46. The van der Waals surface area contributed by atoms with Crippen molar-refractivity contribution >= 4 is 11.9 Å². The van der Waals surface area contributed by atoms with Gasteiger partial charge in [-0.3, -0.25) is 4.79 Å². The van der Waals surface area contributed by atoms with Crippen LogP contribution in [0.2, 0.25) is 0 Å². The van der Waals surface area contributed by atoms with Crippen LogP contribution in [0, 0.1) is 6.92 Å². The van der Waals surface area contributed by atoms with Gasteiger partial charge >= 0.3 is 5.97 Å². The lowest BCUT2D eigenvalue weighted by Crippen LogP contribution is -2.24. The minimum atomic E-state index is -1.05. The Kier molecular flexibility index (Phi) is 3.92. The summed E-state index contributed by atoms with van der Waals surface area (Å²) < 4.78 is 15.8. The molecule has 3 rings (SSSR count). The number of hydrogen-bond acceptors (Lipinski definition) is 5. The normalized spacial score (nSPS) is 12.2. The molecule has 120 valence electrons. The summed E-state index contributed by atoms with van der Waals surface area (Å²) in [6.45, 7) is 1.90. The van der Waals surface area contributed by atoms with Crippen LogP contribution in [-0.4, -0.2) is 23.8 Å². The highest BCUT2D eigenvalue weighted by atomic mass is 16.7. The molecule has 7 nitrogen and oxygen atoms in total. The SMILES string of the molecule is Cc1oc(CNC(=O)Cc2ccc3c(c2)OCO3)cc1C(=O)O. The van der Waals surface area contributed by atoms with Gasteiger partial charge in [-0.2, -0.15) is 0 Å². The van der Waals surface area contributed by atoms with Crippen LogP contribution in [0.5, 0.6) is 11.5 Å². The molecule has 1 aromatic carbocycles. The Labute approximate surface area is 131 Å². The highest BCUT2D eigenvalue weighted by molar-refractivity contribution is 5.88. The smallest absolute Gasteiger partial charge is 0.339 e. The molecule has 0 unspecified atom stereocenters. The minimum absolute atomic E-state index is 0.102. The summed E-state index contributed by atoms with van der Waals surface area (Å²) >= 11 is 0. The van der Waals surface area contributed by atoms with Crippen LogP contribution in [0.1, 0.15) is 27.4 Å². The maximum Gasteiger partial charge on any atom is 0.339 e. The van der Waals surface area contributed by atoms with Gasteiger partial charge in [0.25, 0.3) is 0 Å². The van der Waals surface area contributed by atoms with Crippen LogP contribution in [0.15, 0.2) is 28.7 Å². The predicted octanol–water partition coefficient (Wildman–Crippen LogP) is 1.87. The highest BCUT2D eigenvalue weighted by Crippen LogP contribution is 2.32. The predicted molar refractivity (Wildman–Crippen MR) is 78.5 cm³/mol. The van der Waals surface area contributed by atoms with Gasteiger partial charge in [0.05, 0.1) is 13.0 Å². The van der Waals surface area contributed by atoms with E-state index in [0.717, 1.165) is 5.56 Å².